The maximum Gasteiger partial charge on any atom is 0.338 e. The highest BCUT2D eigenvalue weighted by Crippen LogP contribution is 2.38. The number of benzene rings is 4. The molecule has 200 valence electrons. The maximum absolute atomic E-state index is 13.6. The lowest BCUT2D eigenvalue weighted by Gasteiger charge is -2.33. The molecule has 3 N–H and O–H groups in total. The van der Waals surface area contributed by atoms with Crippen molar-refractivity contribution in [2.75, 3.05) is 7.11 Å². The van der Waals surface area contributed by atoms with Gasteiger partial charge in [0, 0.05) is 0 Å². The van der Waals surface area contributed by atoms with Crippen LogP contribution in [0.15, 0.2) is 107 Å². The summed E-state index contributed by atoms with van der Waals surface area (Å²) in [5.74, 6) is -0.235. The van der Waals surface area contributed by atoms with E-state index in [0.29, 0.717) is 22.8 Å². The summed E-state index contributed by atoms with van der Waals surface area (Å²) < 4.78 is 10.6. The first-order valence-electron chi connectivity index (χ1n) is 12.8. The summed E-state index contributed by atoms with van der Waals surface area (Å²) in [4.78, 5) is 29.9. The van der Waals surface area contributed by atoms with Gasteiger partial charge in [0.05, 0.1) is 23.9 Å². The molecule has 9 heteroatoms. The summed E-state index contributed by atoms with van der Waals surface area (Å²) in [5.41, 5.74) is 14.2. The Balaban J connectivity index is 1.23. The molecule has 4 aromatic rings. The molecule has 1 atom stereocenters. The molecule has 1 saturated heterocycles. The van der Waals surface area contributed by atoms with Gasteiger partial charge in [-0.05, 0) is 52.1 Å². The van der Waals surface area contributed by atoms with Crippen molar-refractivity contribution < 1.29 is 19.1 Å². The zero-order valence-corrected chi connectivity index (χ0v) is 22.0. The number of guanidine groups is 1. The molecule has 2 aliphatic heterocycles. The summed E-state index contributed by atoms with van der Waals surface area (Å²) in [7, 11) is 1.36. The van der Waals surface area contributed by atoms with Crippen LogP contribution in [0, 0.1) is 0 Å². The van der Waals surface area contributed by atoms with E-state index in [1.54, 1.807) is 17.1 Å². The maximum atomic E-state index is 13.6. The molecule has 9 nitrogen and oxygen atoms in total. The molecule has 4 aromatic carbocycles. The number of aliphatic imine (C=N–C) groups is 1. The minimum absolute atomic E-state index is 0.111. The second-order valence-corrected chi connectivity index (χ2v) is 9.48. The van der Waals surface area contributed by atoms with E-state index in [-0.39, 0.29) is 12.6 Å². The van der Waals surface area contributed by atoms with Crippen LogP contribution in [0.3, 0.4) is 0 Å². The van der Waals surface area contributed by atoms with Gasteiger partial charge in [-0.3, -0.25) is 5.43 Å². The molecular weight excluding hydrogens is 506 g/mol. The molecule has 0 bridgehead atoms. The molecule has 0 amide bonds. The van der Waals surface area contributed by atoms with Gasteiger partial charge in [-0.2, -0.15) is 5.53 Å². The molecule has 2 heterocycles. The number of nitrogens with zero attached hydrogens (tertiary/aromatic N) is 2. The van der Waals surface area contributed by atoms with Gasteiger partial charge in [0.1, 0.15) is 12.6 Å². The van der Waals surface area contributed by atoms with Crippen LogP contribution < -0.4 is 16.5 Å². The van der Waals surface area contributed by atoms with Gasteiger partial charge in [0.15, 0.2) is 0 Å². The average Bonchev–Trinajstić information content (AvgIpc) is 3.47. The summed E-state index contributed by atoms with van der Waals surface area (Å²) in [6.07, 6.45) is 0. The summed E-state index contributed by atoms with van der Waals surface area (Å²) >= 11 is 0. The minimum Gasteiger partial charge on any atom is -0.465 e. The molecule has 1 fully saturated rings. The second-order valence-electron chi connectivity index (χ2n) is 9.48. The normalized spacial score (nSPS) is 16.3. The third-order valence-electron chi connectivity index (χ3n) is 7.07. The Morgan fingerprint density at radius 2 is 1.57 bits per heavy atom. The molecule has 0 saturated carbocycles. The van der Waals surface area contributed by atoms with Crippen LogP contribution in [0.4, 0.5) is 0 Å². The van der Waals surface area contributed by atoms with Crippen molar-refractivity contribution in [1.29, 1.82) is 0 Å². The van der Waals surface area contributed by atoms with E-state index in [0.717, 1.165) is 33.0 Å². The van der Waals surface area contributed by atoms with Crippen molar-refractivity contribution in [3.05, 3.63) is 119 Å². The van der Waals surface area contributed by atoms with Crippen molar-refractivity contribution in [3.63, 3.8) is 0 Å². The first kappa shape index (κ1) is 25.3. The number of rotatable bonds is 6. The van der Waals surface area contributed by atoms with E-state index < -0.39 is 12.0 Å². The van der Waals surface area contributed by atoms with E-state index in [2.05, 4.69) is 39.7 Å². The van der Waals surface area contributed by atoms with Crippen molar-refractivity contribution >= 4 is 28.7 Å². The SMILES string of the molecule is COC(=O)c1ccc(-c2ccc(COC(=O)C3=C(C)N=C4NNNN4C3c3cccc4ccccc34)cc2)cc1. The Hall–Kier alpha value is -4.99. The third-order valence-corrected chi connectivity index (χ3v) is 7.07. The van der Waals surface area contributed by atoms with E-state index in [1.165, 1.54) is 7.11 Å². The highest BCUT2D eigenvalue weighted by molar-refractivity contribution is 5.97. The number of fused-ring (bicyclic) bond motifs is 2. The van der Waals surface area contributed by atoms with Crippen LogP contribution in [-0.4, -0.2) is 30.0 Å². The monoisotopic (exact) mass is 533 g/mol. The standard InChI is InChI=1S/C31H27N5O4/c1-19-27(28(36-31(32-19)33-34-35-36)26-9-5-7-23-6-3-4-8-25(23)26)30(38)40-18-20-10-12-21(13-11-20)22-14-16-24(17-15-22)29(37)39-2/h3-17,28,34-35H,18H2,1-2H3,(H,32,33). The van der Waals surface area contributed by atoms with Crippen molar-refractivity contribution in [2.45, 2.75) is 19.6 Å². The smallest absolute Gasteiger partial charge is 0.338 e. The lowest BCUT2D eigenvalue weighted by Crippen LogP contribution is -2.44. The Labute approximate surface area is 231 Å². The first-order valence-corrected chi connectivity index (χ1v) is 12.8. The number of hydrazine groups is 3. The van der Waals surface area contributed by atoms with E-state index in [9.17, 15) is 9.59 Å². The fourth-order valence-electron chi connectivity index (χ4n) is 5.05. The molecule has 0 spiro atoms. The Morgan fingerprint density at radius 1 is 0.875 bits per heavy atom. The number of hydrogen-bond donors (Lipinski definition) is 3. The van der Waals surface area contributed by atoms with E-state index in [4.69, 9.17) is 9.47 Å². The number of esters is 2. The van der Waals surface area contributed by atoms with Gasteiger partial charge in [-0.1, -0.05) is 78.9 Å². The number of hydrogen-bond acceptors (Lipinski definition) is 9. The van der Waals surface area contributed by atoms with Gasteiger partial charge < -0.3 is 9.47 Å². The lowest BCUT2D eigenvalue weighted by atomic mass is 9.91. The minimum atomic E-state index is -0.469. The molecule has 40 heavy (non-hydrogen) atoms. The lowest BCUT2D eigenvalue weighted by molar-refractivity contribution is -0.141. The molecular formula is C31H27N5O4. The average molecular weight is 534 g/mol. The molecule has 6 rings (SSSR count). The summed E-state index contributed by atoms with van der Waals surface area (Å²) in [6, 6.07) is 28.7. The molecule has 0 radical (unpaired) electrons. The third kappa shape index (κ3) is 4.68. The van der Waals surface area contributed by atoms with Crippen LogP contribution >= 0.6 is 0 Å². The van der Waals surface area contributed by atoms with Crippen LogP contribution in [0.25, 0.3) is 21.9 Å². The molecule has 0 aromatic heterocycles. The zero-order valence-electron chi connectivity index (χ0n) is 22.0. The summed E-state index contributed by atoms with van der Waals surface area (Å²) in [5, 5.41) is 3.92. The van der Waals surface area contributed by atoms with Crippen LogP contribution in [0.5, 0.6) is 0 Å². The highest BCUT2D eigenvalue weighted by Gasteiger charge is 2.40. The Morgan fingerprint density at radius 3 is 2.33 bits per heavy atom. The number of nitrogens with one attached hydrogen (secondary N) is 3. The van der Waals surface area contributed by atoms with Crippen LogP contribution in [0.2, 0.25) is 0 Å². The number of ether oxygens (including phenoxy) is 2. The topological polar surface area (TPSA) is 104 Å². The summed E-state index contributed by atoms with van der Waals surface area (Å²) in [6.45, 7) is 1.93. The number of allylic oxidation sites excluding steroid dienone is 1. The fourth-order valence-corrected chi connectivity index (χ4v) is 5.05. The molecule has 0 aliphatic carbocycles. The number of carbonyl (C=O) groups is 2. The number of methoxy groups -OCH3 is 1. The van der Waals surface area contributed by atoms with Gasteiger partial charge in [-0.25, -0.2) is 19.6 Å². The predicted octanol–water partition coefficient (Wildman–Crippen LogP) is 4.55. The van der Waals surface area contributed by atoms with Crippen molar-refractivity contribution in [2.24, 2.45) is 4.99 Å². The van der Waals surface area contributed by atoms with E-state index >= 15 is 0 Å². The van der Waals surface area contributed by atoms with Crippen molar-refractivity contribution in [3.8, 4) is 11.1 Å². The highest BCUT2D eigenvalue weighted by atomic mass is 16.5. The van der Waals surface area contributed by atoms with E-state index in [1.807, 2.05) is 67.6 Å². The van der Waals surface area contributed by atoms with Crippen LogP contribution in [-0.2, 0) is 20.9 Å². The zero-order chi connectivity index (χ0) is 27.6. The van der Waals surface area contributed by atoms with Crippen LogP contribution in [0.1, 0.15) is 34.5 Å². The number of carbonyl (C=O) groups excluding carboxylic acids is 2. The van der Waals surface area contributed by atoms with Crippen molar-refractivity contribution in [1.82, 2.24) is 21.5 Å². The van der Waals surface area contributed by atoms with Gasteiger partial charge in [0.2, 0.25) is 5.96 Å². The van der Waals surface area contributed by atoms with Gasteiger partial charge >= 0.3 is 11.9 Å². The quantitative estimate of drug-likeness (QED) is 0.310. The first-order chi connectivity index (χ1) is 19.5. The molecule has 1 unspecified atom stereocenters. The second kappa shape index (κ2) is 10.6. The van der Waals surface area contributed by atoms with Gasteiger partial charge in [0.25, 0.3) is 0 Å². The van der Waals surface area contributed by atoms with Gasteiger partial charge in [-0.15, -0.1) is 5.53 Å². The largest absolute Gasteiger partial charge is 0.465 e. The Kier molecular flexibility index (Phi) is 6.73. The Bertz CT molecular complexity index is 1660. The molecule has 2 aliphatic rings. The predicted molar refractivity (Wildman–Crippen MR) is 151 cm³/mol. The fraction of sp³-hybridized carbons (Fsp3) is 0.129.